The molecule has 5 nitrogen and oxygen atoms in total. The maximum Gasteiger partial charge on any atom is 0.232 e. The highest BCUT2D eigenvalue weighted by atomic mass is 32.2. The standard InChI is InChI=1S/C23H32N2O3S2/c26-23(19-30(27)18-20-9-3-1-4-10-20)24-11-5-8-14-28-21-15-22(29-17-21)16-25-12-6-2-7-13-25/h1,3-4,9-10,15,17H,2,5-8,11-14,16,18-19H2,(H,24,26). The number of nitrogens with zero attached hydrogens (tertiary/aromatic N) is 1. The van der Waals surface area contributed by atoms with Crippen LogP contribution in [0.3, 0.4) is 0 Å². The lowest BCUT2D eigenvalue weighted by atomic mass is 10.1. The molecule has 1 amide bonds. The summed E-state index contributed by atoms with van der Waals surface area (Å²) in [6.07, 6.45) is 5.72. The third-order valence-electron chi connectivity index (χ3n) is 5.08. The number of carbonyl (C=O) groups is 1. The predicted octanol–water partition coefficient (Wildman–Crippen LogP) is 3.96. The molecule has 0 bridgehead atoms. The van der Waals surface area contributed by atoms with Gasteiger partial charge in [0.1, 0.15) is 11.5 Å². The van der Waals surface area contributed by atoms with Gasteiger partial charge >= 0.3 is 0 Å². The normalized spacial score (nSPS) is 15.6. The summed E-state index contributed by atoms with van der Waals surface area (Å²) in [7, 11) is -1.17. The van der Waals surface area contributed by atoms with Crippen molar-refractivity contribution in [3.8, 4) is 5.75 Å². The molecule has 0 spiro atoms. The molecule has 1 aromatic carbocycles. The zero-order valence-corrected chi connectivity index (χ0v) is 19.1. The van der Waals surface area contributed by atoms with Crippen molar-refractivity contribution >= 4 is 28.0 Å². The van der Waals surface area contributed by atoms with Crippen LogP contribution in [-0.4, -0.2) is 47.0 Å². The molecule has 1 saturated heterocycles. The molecule has 30 heavy (non-hydrogen) atoms. The molecule has 1 fully saturated rings. The van der Waals surface area contributed by atoms with Crippen molar-refractivity contribution in [2.75, 3.05) is 32.0 Å². The quantitative estimate of drug-likeness (QED) is 0.500. The maximum atomic E-state index is 12.1. The van der Waals surface area contributed by atoms with E-state index in [0.29, 0.717) is 18.9 Å². The summed E-state index contributed by atoms with van der Waals surface area (Å²) in [6.45, 7) is 4.69. The first-order valence-corrected chi connectivity index (χ1v) is 13.1. The van der Waals surface area contributed by atoms with Gasteiger partial charge in [-0.15, -0.1) is 11.3 Å². The minimum absolute atomic E-state index is 0.0556. The maximum absolute atomic E-state index is 12.1. The summed E-state index contributed by atoms with van der Waals surface area (Å²) < 4.78 is 17.9. The molecule has 1 N–H and O–H groups in total. The second-order valence-corrected chi connectivity index (χ2v) is 10.2. The number of amides is 1. The number of ether oxygens (including phenoxy) is 1. The van der Waals surface area contributed by atoms with Crippen molar-refractivity contribution in [3.63, 3.8) is 0 Å². The Morgan fingerprint density at radius 1 is 1.13 bits per heavy atom. The van der Waals surface area contributed by atoms with Gasteiger partial charge in [0.2, 0.25) is 5.91 Å². The first-order valence-electron chi connectivity index (χ1n) is 10.8. The summed E-state index contributed by atoms with van der Waals surface area (Å²) in [6, 6.07) is 11.8. The molecule has 7 heteroatoms. The second kappa shape index (κ2) is 12.9. The Labute approximate surface area is 186 Å². The van der Waals surface area contributed by atoms with E-state index in [-0.39, 0.29) is 11.7 Å². The Morgan fingerprint density at radius 3 is 2.73 bits per heavy atom. The van der Waals surface area contributed by atoms with Crippen molar-refractivity contribution in [1.29, 1.82) is 0 Å². The largest absolute Gasteiger partial charge is 0.493 e. The fraction of sp³-hybridized carbons (Fsp3) is 0.522. The van der Waals surface area contributed by atoms with Gasteiger partial charge in [-0.2, -0.15) is 0 Å². The van der Waals surface area contributed by atoms with E-state index in [0.717, 1.165) is 30.7 Å². The lowest BCUT2D eigenvalue weighted by Crippen LogP contribution is -2.29. The van der Waals surface area contributed by atoms with Crippen LogP contribution in [0.1, 0.15) is 42.5 Å². The van der Waals surface area contributed by atoms with E-state index in [1.54, 1.807) is 11.3 Å². The molecule has 0 aliphatic carbocycles. The van der Waals surface area contributed by atoms with Gasteiger partial charge in [-0.05, 0) is 50.4 Å². The molecule has 2 aromatic rings. The molecule has 1 aliphatic heterocycles. The van der Waals surface area contributed by atoms with E-state index < -0.39 is 10.8 Å². The number of piperidine rings is 1. The van der Waals surface area contributed by atoms with Crippen molar-refractivity contribution in [2.24, 2.45) is 0 Å². The lowest BCUT2D eigenvalue weighted by Gasteiger charge is -2.25. The number of hydrogen-bond acceptors (Lipinski definition) is 5. The number of benzene rings is 1. The van der Waals surface area contributed by atoms with Crippen LogP contribution in [0.2, 0.25) is 0 Å². The van der Waals surface area contributed by atoms with Crippen LogP contribution < -0.4 is 10.1 Å². The Bertz CT molecular complexity index is 789. The number of unbranched alkanes of at least 4 members (excludes halogenated alkanes) is 1. The zero-order valence-electron chi connectivity index (χ0n) is 17.5. The molecular weight excluding hydrogens is 416 g/mol. The average molecular weight is 449 g/mol. The Kier molecular flexibility index (Phi) is 9.86. The minimum atomic E-state index is -1.17. The third kappa shape index (κ3) is 8.58. The van der Waals surface area contributed by atoms with Crippen LogP contribution >= 0.6 is 11.3 Å². The van der Waals surface area contributed by atoms with Gasteiger partial charge in [0.25, 0.3) is 0 Å². The molecule has 1 unspecified atom stereocenters. The van der Waals surface area contributed by atoms with Gasteiger partial charge in [0, 0.05) is 39.9 Å². The summed E-state index contributed by atoms with van der Waals surface area (Å²) in [5, 5.41) is 4.94. The zero-order chi connectivity index (χ0) is 21.0. The first-order chi connectivity index (χ1) is 14.7. The second-order valence-electron chi connectivity index (χ2n) is 7.71. The monoisotopic (exact) mass is 448 g/mol. The first kappa shape index (κ1) is 23.0. The topological polar surface area (TPSA) is 58.6 Å². The highest BCUT2D eigenvalue weighted by molar-refractivity contribution is 7.84. The smallest absolute Gasteiger partial charge is 0.232 e. The van der Waals surface area contributed by atoms with Crippen LogP contribution in [0.4, 0.5) is 0 Å². The number of carbonyl (C=O) groups excluding carboxylic acids is 1. The predicted molar refractivity (Wildman–Crippen MR) is 124 cm³/mol. The van der Waals surface area contributed by atoms with Crippen molar-refractivity contribution in [2.45, 2.75) is 44.4 Å². The van der Waals surface area contributed by atoms with Gasteiger partial charge in [-0.3, -0.25) is 13.9 Å². The van der Waals surface area contributed by atoms with E-state index in [9.17, 15) is 9.00 Å². The number of thiophene rings is 1. The van der Waals surface area contributed by atoms with Crippen LogP contribution in [0, 0.1) is 0 Å². The van der Waals surface area contributed by atoms with Crippen LogP contribution in [0.25, 0.3) is 0 Å². The number of hydrogen-bond donors (Lipinski definition) is 1. The Morgan fingerprint density at radius 2 is 1.93 bits per heavy atom. The van der Waals surface area contributed by atoms with Gasteiger partial charge in [0.05, 0.1) is 6.61 Å². The molecular formula is C23H32N2O3S2. The fourth-order valence-electron chi connectivity index (χ4n) is 3.51. The Hall–Kier alpha value is -1.70. The van der Waals surface area contributed by atoms with Gasteiger partial charge in [-0.25, -0.2) is 0 Å². The van der Waals surface area contributed by atoms with Gasteiger partial charge in [-0.1, -0.05) is 36.8 Å². The fourth-order valence-corrected chi connectivity index (χ4v) is 5.42. The highest BCUT2D eigenvalue weighted by Gasteiger charge is 2.12. The third-order valence-corrected chi connectivity index (χ3v) is 7.22. The summed E-state index contributed by atoms with van der Waals surface area (Å²) in [5.74, 6) is 1.28. The van der Waals surface area contributed by atoms with Crippen LogP contribution in [0.5, 0.6) is 5.75 Å². The van der Waals surface area contributed by atoms with E-state index in [1.807, 2.05) is 30.3 Å². The molecule has 0 saturated carbocycles. The summed E-state index contributed by atoms with van der Waals surface area (Å²) >= 11 is 1.77. The van der Waals surface area contributed by atoms with Crippen molar-refractivity contribution in [1.82, 2.24) is 10.2 Å². The van der Waals surface area contributed by atoms with Crippen molar-refractivity contribution < 1.29 is 13.7 Å². The van der Waals surface area contributed by atoms with Gasteiger partial charge < -0.3 is 10.1 Å². The molecule has 1 aromatic heterocycles. The average Bonchev–Trinajstić information content (AvgIpc) is 3.19. The minimum Gasteiger partial charge on any atom is -0.493 e. The number of nitrogens with one attached hydrogen (secondary N) is 1. The van der Waals surface area contributed by atoms with E-state index in [2.05, 4.69) is 21.7 Å². The summed E-state index contributed by atoms with van der Waals surface area (Å²) in [5.41, 5.74) is 0.994. The highest BCUT2D eigenvalue weighted by Crippen LogP contribution is 2.24. The molecule has 3 rings (SSSR count). The van der Waals surface area contributed by atoms with E-state index in [4.69, 9.17) is 4.74 Å². The molecule has 2 heterocycles. The number of likely N-dealkylation sites (tertiary alicyclic amines) is 1. The Balaban J connectivity index is 1.22. The van der Waals surface area contributed by atoms with Gasteiger partial charge in [0.15, 0.2) is 0 Å². The SMILES string of the molecule is O=C(CS(=O)Cc1ccccc1)NCCCCOc1csc(CN2CCCCC2)c1. The van der Waals surface area contributed by atoms with E-state index in [1.165, 1.54) is 37.2 Å². The molecule has 1 aliphatic rings. The van der Waals surface area contributed by atoms with Crippen molar-refractivity contribution in [3.05, 3.63) is 52.2 Å². The molecule has 164 valence electrons. The van der Waals surface area contributed by atoms with Crippen LogP contribution in [0.15, 0.2) is 41.8 Å². The van der Waals surface area contributed by atoms with Crippen LogP contribution in [-0.2, 0) is 27.9 Å². The molecule has 0 radical (unpaired) electrons. The number of rotatable bonds is 12. The lowest BCUT2D eigenvalue weighted by molar-refractivity contribution is -0.118. The van der Waals surface area contributed by atoms with E-state index >= 15 is 0 Å². The summed E-state index contributed by atoms with van der Waals surface area (Å²) in [4.78, 5) is 15.8. The molecule has 1 atom stereocenters.